The summed E-state index contributed by atoms with van der Waals surface area (Å²) in [6, 6.07) is 7.05. The first kappa shape index (κ1) is 8.52. The van der Waals surface area contributed by atoms with Gasteiger partial charge in [0, 0.05) is 0 Å². The van der Waals surface area contributed by atoms with E-state index in [9.17, 15) is 4.21 Å². The lowest BCUT2D eigenvalue weighted by Crippen LogP contribution is -2.15. The van der Waals surface area contributed by atoms with Crippen molar-refractivity contribution in [1.82, 2.24) is 0 Å². The average Bonchev–Trinajstić information content (AvgIpc) is 2.11. The number of hydrogen-bond acceptors (Lipinski definition) is 4. The molecule has 0 bridgehead atoms. The molecule has 1 unspecified atom stereocenters. The topological polar surface area (TPSA) is 44.8 Å². The van der Waals surface area contributed by atoms with Crippen molar-refractivity contribution in [2.75, 3.05) is 13.2 Å². The Kier molecular flexibility index (Phi) is 2.47. The molecule has 0 saturated carbocycles. The molecule has 0 fully saturated rings. The van der Waals surface area contributed by atoms with Crippen molar-refractivity contribution in [2.24, 2.45) is 0 Å². The van der Waals surface area contributed by atoms with Gasteiger partial charge in [-0.05, 0) is 12.1 Å². The van der Waals surface area contributed by atoms with Crippen LogP contribution in [0.3, 0.4) is 0 Å². The minimum Gasteiger partial charge on any atom is -0.487 e. The van der Waals surface area contributed by atoms with E-state index in [2.05, 4.69) is 0 Å². The molecule has 13 heavy (non-hydrogen) atoms. The molecule has 0 spiro atoms. The Bertz CT molecular complexity index is 326. The Hall–Kier alpha value is -1.07. The Balaban J connectivity index is 2.30. The van der Waals surface area contributed by atoms with Crippen LogP contribution >= 0.6 is 0 Å². The number of para-hydroxylation sites is 2. The van der Waals surface area contributed by atoms with Gasteiger partial charge in [0.1, 0.15) is 13.2 Å². The monoisotopic (exact) mass is 200 g/mol. The Morgan fingerprint density at radius 3 is 2.77 bits per heavy atom. The summed E-state index contributed by atoms with van der Waals surface area (Å²) in [5.41, 5.74) is 0. The smallest absolute Gasteiger partial charge is 0.360 e. The van der Waals surface area contributed by atoms with Crippen molar-refractivity contribution in [3.8, 4) is 11.5 Å². The summed E-state index contributed by atoms with van der Waals surface area (Å²) in [5.74, 6) is 1.04. The van der Waals surface area contributed by atoms with Crippen LogP contribution in [-0.4, -0.2) is 17.4 Å². The van der Waals surface area contributed by atoms with E-state index in [4.69, 9.17) is 13.1 Å². The van der Waals surface area contributed by atoms with E-state index in [0.717, 1.165) is 0 Å². The summed E-state index contributed by atoms with van der Waals surface area (Å²) in [6.45, 7) is 0.646. The molecule has 70 valence electrons. The highest BCUT2D eigenvalue weighted by Gasteiger charge is 2.12. The van der Waals surface area contributed by atoms with E-state index in [-0.39, 0.29) is 6.61 Å². The summed E-state index contributed by atoms with van der Waals surface area (Å²) < 4.78 is 26.0. The molecule has 1 aromatic carbocycles. The highest BCUT2D eigenvalue weighted by atomic mass is 32.2. The molecule has 1 aromatic rings. The second-order valence-corrected chi connectivity index (χ2v) is 3.22. The van der Waals surface area contributed by atoms with Crippen LogP contribution in [0.1, 0.15) is 0 Å². The van der Waals surface area contributed by atoms with E-state index in [1.165, 1.54) is 0 Å². The molecule has 5 heteroatoms. The van der Waals surface area contributed by atoms with Crippen LogP contribution in [0, 0.1) is 0 Å². The van der Waals surface area contributed by atoms with Gasteiger partial charge in [-0.1, -0.05) is 12.1 Å². The lowest BCUT2D eigenvalue weighted by atomic mass is 10.3. The van der Waals surface area contributed by atoms with E-state index in [0.29, 0.717) is 18.1 Å². The third kappa shape index (κ3) is 1.99. The van der Waals surface area contributed by atoms with Crippen LogP contribution in [0.4, 0.5) is 0 Å². The maximum absolute atomic E-state index is 11.0. The van der Waals surface area contributed by atoms with E-state index in [1.54, 1.807) is 18.2 Å². The number of fused-ring (bicyclic) bond motifs is 1. The van der Waals surface area contributed by atoms with Gasteiger partial charge in [-0.3, -0.25) is 4.18 Å². The summed E-state index contributed by atoms with van der Waals surface area (Å²) in [6.07, 6.45) is 0. The summed E-state index contributed by atoms with van der Waals surface area (Å²) in [7, 11) is 0. The first-order valence-electron chi connectivity index (χ1n) is 3.81. The maximum atomic E-state index is 11.0. The second kappa shape index (κ2) is 3.76. The minimum absolute atomic E-state index is 0.265. The molecule has 4 nitrogen and oxygen atoms in total. The third-order valence-electron chi connectivity index (χ3n) is 1.53. The summed E-state index contributed by atoms with van der Waals surface area (Å²) in [4.78, 5) is 0. The van der Waals surface area contributed by atoms with Gasteiger partial charge in [0.15, 0.2) is 11.5 Å². The fraction of sp³-hybridized carbons (Fsp3) is 0.250. The normalized spacial score (nSPS) is 21.7. The molecular formula is C8H8O4S. The molecule has 1 heterocycles. The zero-order valence-electron chi connectivity index (χ0n) is 6.76. The Labute approximate surface area is 78.3 Å². The van der Waals surface area contributed by atoms with Crippen molar-refractivity contribution in [3.63, 3.8) is 0 Å². The lowest BCUT2D eigenvalue weighted by Gasteiger charge is -2.14. The lowest BCUT2D eigenvalue weighted by molar-refractivity contribution is 0.202. The molecule has 1 aliphatic heterocycles. The van der Waals surface area contributed by atoms with Gasteiger partial charge in [-0.25, -0.2) is 0 Å². The zero-order valence-corrected chi connectivity index (χ0v) is 7.58. The number of rotatable bonds is 0. The number of benzene rings is 1. The zero-order chi connectivity index (χ0) is 9.10. The SMILES string of the molecule is O=S1OCCOc2ccccc2O1. The fourth-order valence-electron chi connectivity index (χ4n) is 0.989. The molecule has 0 saturated heterocycles. The standard InChI is InChI=1S/C8H8O4S/c9-13-11-6-5-10-7-3-1-2-4-8(7)12-13/h1-4H,5-6H2. The molecule has 0 N–H and O–H groups in total. The third-order valence-corrected chi connectivity index (χ3v) is 2.20. The second-order valence-electron chi connectivity index (χ2n) is 2.40. The largest absolute Gasteiger partial charge is 0.487 e. The molecule has 1 atom stereocenters. The van der Waals surface area contributed by atoms with Gasteiger partial charge in [0.2, 0.25) is 0 Å². The predicted octanol–water partition coefficient (Wildman–Crippen LogP) is 1.05. The maximum Gasteiger partial charge on any atom is 0.360 e. The van der Waals surface area contributed by atoms with Gasteiger partial charge in [0.05, 0.1) is 0 Å². The Morgan fingerprint density at radius 1 is 1.15 bits per heavy atom. The van der Waals surface area contributed by atoms with Crippen LogP contribution in [0.15, 0.2) is 24.3 Å². The van der Waals surface area contributed by atoms with E-state index >= 15 is 0 Å². The van der Waals surface area contributed by atoms with Crippen molar-refractivity contribution < 1.29 is 17.3 Å². The highest BCUT2D eigenvalue weighted by molar-refractivity contribution is 7.75. The van der Waals surface area contributed by atoms with Crippen LogP contribution in [0.25, 0.3) is 0 Å². The molecule has 0 amide bonds. The van der Waals surface area contributed by atoms with E-state index in [1.807, 2.05) is 6.07 Å². The number of hydrogen-bond donors (Lipinski definition) is 0. The van der Waals surface area contributed by atoms with Crippen molar-refractivity contribution in [2.45, 2.75) is 0 Å². The highest BCUT2D eigenvalue weighted by Crippen LogP contribution is 2.28. The predicted molar refractivity (Wildman–Crippen MR) is 46.7 cm³/mol. The van der Waals surface area contributed by atoms with Crippen LogP contribution in [0.2, 0.25) is 0 Å². The van der Waals surface area contributed by atoms with Crippen LogP contribution < -0.4 is 8.92 Å². The first-order valence-corrected chi connectivity index (χ1v) is 4.81. The summed E-state index contributed by atoms with van der Waals surface area (Å²) >= 11 is -1.71. The molecule has 0 aliphatic carbocycles. The van der Waals surface area contributed by atoms with Crippen molar-refractivity contribution in [3.05, 3.63) is 24.3 Å². The van der Waals surface area contributed by atoms with Crippen molar-refractivity contribution in [1.29, 1.82) is 0 Å². The minimum atomic E-state index is -1.71. The van der Waals surface area contributed by atoms with Gasteiger partial charge in [0.25, 0.3) is 0 Å². The molecular weight excluding hydrogens is 192 g/mol. The molecule has 1 aliphatic rings. The molecule has 0 radical (unpaired) electrons. The first-order chi connectivity index (χ1) is 6.36. The van der Waals surface area contributed by atoms with Gasteiger partial charge in [-0.15, -0.1) is 0 Å². The van der Waals surface area contributed by atoms with Gasteiger partial charge in [-0.2, -0.15) is 4.21 Å². The van der Waals surface area contributed by atoms with Gasteiger partial charge < -0.3 is 8.92 Å². The fourth-order valence-corrected chi connectivity index (χ4v) is 1.53. The van der Waals surface area contributed by atoms with Crippen LogP contribution in [-0.2, 0) is 15.5 Å². The van der Waals surface area contributed by atoms with Crippen LogP contribution in [0.5, 0.6) is 11.5 Å². The molecule has 0 aromatic heterocycles. The van der Waals surface area contributed by atoms with E-state index < -0.39 is 11.4 Å². The number of ether oxygens (including phenoxy) is 1. The summed E-state index contributed by atoms with van der Waals surface area (Å²) in [5, 5.41) is 0. The van der Waals surface area contributed by atoms with Crippen molar-refractivity contribution >= 4 is 11.4 Å². The quantitative estimate of drug-likeness (QED) is 0.628. The molecule has 2 rings (SSSR count). The average molecular weight is 200 g/mol. The van der Waals surface area contributed by atoms with Gasteiger partial charge >= 0.3 is 11.4 Å². The Morgan fingerprint density at radius 2 is 1.92 bits per heavy atom.